The molecule has 144 valence electrons. The molecule has 0 fully saturated rings. The van der Waals surface area contributed by atoms with Crippen molar-refractivity contribution in [1.82, 2.24) is 9.97 Å². The molecule has 1 aromatic carbocycles. The Labute approximate surface area is 172 Å². The summed E-state index contributed by atoms with van der Waals surface area (Å²) in [5, 5.41) is 9.97. The number of amidine groups is 1. The van der Waals surface area contributed by atoms with Gasteiger partial charge in [0, 0.05) is 22.9 Å². The summed E-state index contributed by atoms with van der Waals surface area (Å²) in [6.07, 6.45) is 2.73. The highest BCUT2D eigenvalue weighted by molar-refractivity contribution is 8.14. The zero-order valence-electron chi connectivity index (χ0n) is 16.1. The zero-order chi connectivity index (χ0) is 19.5. The predicted octanol–water partition coefficient (Wildman–Crippen LogP) is 5.05. The standard InChI is InChI=1S/C20H22N6S2/c1-12-14(3)28-19-17(12)18(22-11-23-19)26-25-13(2)15-5-7-16(8-6-15)24-20-21-9-4-10-27-20/h5-8,11H,4,9-10H2,1-3H3,(H,21,24)(H,22,23,26)/b25-13-. The summed E-state index contributed by atoms with van der Waals surface area (Å²) in [4.78, 5) is 15.5. The molecule has 0 saturated heterocycles. The number of hydrogen-bond donors (Lipinski definition) is 2. The van der Waals surface area contributed by atoms with Crippen molar-refractivity contribution in [3.63, 3.8) is 0 Å². The molecule has 4 rings (SSSR count). The smallest absolute Gasteiger partial charge is 0.161 e. The van der Waals surface area contributed by atoms with E-state index in [9.17, 15) is 0 Å². The van der Waals surface area contributed by atoms with Crippen molar-refractivity contribution >= 4 is 55.7 Å². The van der Waals surface area contributed by atoms with Crippen molar-refractivity contribution < 1.29 is 0 Å². The number of hydrazone groups is 1. The van der Waals surface area contributed by atoms with Crippen LogP contribution in [0.2, 0.25) is 0 Å². The Morgan fingerprint density at radius 1 is 1.14 bits per heavy atom. The minimum atomic E-state index is 0.747. The van der Waals surface area contributed by atoms with Gasteiger partial charge in [-0.05, 0) is 50.5 Å². The van der Waals surface area contributed by atoms with Gasteiger partial charge in [0.15, 0.2) is 11.0 Å². The SMILES string of the molecule is C/C(=N/Nc1ncnc2sc(C)c(C)c12)c1ccc(NC2=NCCCS2)cc1. The normalized spacial score (nSPS) is 14.8. The van der Waals surface area contributed by atoms with Gasteiger partial charge in [0.25, 0.3) is 0 Å². The lowest BCUT2D eigenvalue weighted by Gasteiger charge is -2.13. The first kappa shape index (κ1) is 18.9. The lowest BCUT2D eigenvalue weighted by molar-refractivity contribution is 0.938. The van der Waals surface area contributed by atoms with E-state index in [1.807, 2.05) is 6.92 Å². The molecule has 0 aliphatic carbocycles. The van der Waals surface area contributed by atoms with E-state index in [1.54, 1.807) is 29.4 Å². The summed E-state index contributed by atoms with van der Waals surface area (Å²) in [7, 11) is 0. The molecule has 3 aromatic rings. The number of benzene rings is 1. The third-order valence-electron chi connectivity index (χ3n) is 4.65. The number of aromatic nitrogens is 2. The molecule has 3 heterocycles. The highest BCUT2D eigenvalue weighted by Gasteiger charge is 2.11. The lowest BCUT2D eigenvalue weighted by atomic mass is 10.1. The quantitative estimate of drug-likeness (QED) is 0.465. The van der Waals surface area contributed by atoms with Crippen LogP contribution in [0.4, 0.5) is 11.5 Å². The number of thioether (sulfide) groups is 1. The van der Waals surface area contributed by atoms with Crippen molar-refractivity contribution in [2.45, 2.75) is 27.2 Å². The van der Waals surface area contributed by atoms with Crippen molar-refractivity contribution in [2.24, 2.45) is 10.1 Å². The second-order valence-electron chi connectivity index (χ2n) is 6.59. The van der Waals surface area contributed by atoms with E-state index in [1.165, 1.54) is 10.4 Å². The Kier molecular flexibility index (Phi) is 5.59. The monoisotopic (exact) mass is 410 g/mol. The van der Waals surface area contributed by atoms with Crippen LogP contribution < -0.4 is 10.7 Å². The fourth-order valence-electron chi connectivity index (χ4n) is 2.92. The highest BCUT2D eigenvalue weighted by atomic mass is 32.2. The van der Waals surface area contributed by atoms with Gasteiger partial charge in [-0.3, -0.25) is 10.4 Å². The fourth-order valence-corrected chi connectivity index (χ4v) is 4.76. The number of thiophene rings is 1. The van der Waals surface area contributed by atoms with Crippen molar-refractivity contribution in [3.8, 4) is 0 Å². The highest BCUT2D eigenvalue weighted by Crippen LogP contribution is 2.32. The van der Waals surface area contributed by atoms with Gasteiger partial charge in [-0.15, -0.1) is 11.3 Å². The Bertz CT molecular complexity index is 1050. The van der Waals surface area contributed by atoms with Gasteiger partial charge in [-0.2, -0.15) is 5.10 Å². The summed E-state index contributed by atoms with van der Waals surface area (Å²) in [6.45, 7) is 7.10. The molecule has 8 heteroatoms. The van der Waals surface area contributed by atoms with E-state index in [0.717, 1.165) is 56.9 Å². The predicted molar refractivity (Wildman–Crippen MR) is 122 cm³/mol. The molecule has 28 heavy (non-hydrogen) atoms. The maximum Gasteiger partial charge on any atom is 0.161 e. The van der Waals surface area contributed by atoms with Gasteiger partial charge >= 0.3 is 0 Å². The molecular formula is C20H22N6S2. The molecule has 0 unspecified atom stereocenters. The number of hydrogen-bond acceptors (Lipinski definition) is 8. The van der Waals surface area contributed by atoms with Crippen LogP contribution in [0, 0.1) is 13.8 Å². The van der Waals surface area contributed by atoms with Crippen LogP contribution in [-0.4, -0.2) is 33.1 Å². The number of rotatable bonds is 4. The van der Waals surface area contributed by atoms with Gasteiger partial charge in [-0.25, -0.2) is 9.97 Å². The summed E-state index contributed by atoms with van der Waals surface area (Å²) >= 11 is 3.45. The topological polar surface area (TPSA) is 74.6 Å². The molecule has 6 nitrogen and oxygen atoms in total. The number of nitrogens with zero attached hydrogens (tertiary/aromatic N) is 4. The van der Waals surface area contributed by atoms with Crippen LogP contribution >= 0.6 is 23.1 Å². The van der Waals surface area contributed by atoms with E-state index in [0.29, 0.717) is 0 Å². The van der Waals surface area contributed by atoms with E-state index in [-0.39, 0.29) is 0 Å². The molecule has 0 amide bonds. The minimum Gasteiger partial charge on any atom is -0.335 e. The Morgan fingerprint density at radius 2 is 1.96 bits per heavy atom. The molecule has 2 N–H and O–H groups in total. The van der Waals surface area contributed by atoms with E-state index in [2.05, 4.69) is 68.9 Å². The number of anilines is 2. The first-order chi connectivity index (χ1) is 13.6. The molecule has 0 spiro atoms. The maximum absolute atomic E-state index is 4.54. The van der Waals surface area contributed by atoms with Gasteiger partial charge in [-0.1, -0.05) is 23.9 Å². The third kappa shape index (κ3) is 4.02. The average molecular weight is 411 g/mol. The van der Waals surface area contributed by atoms with Crippen molar-refractivity contribution in [3.05, 3.63) is 46.6 Å². The first-order valence-electron chi connectivity index (χ1n) is 9.17. The second kappa shape index (κ2) is 8.28. The summed E-state index contributed by atoms with van der Waals surface area (Å²) in [5.74, 6) is 1.87. The molecule has 0 bridgehead atoms. The molecule has 0 saturated carbocycles. The fraction of sp³-hybridized carbons (Fsp3) is 0.300. The van der Waals surface area contributed by atoms with Crippen molar-refractivity contribution in [2.75, 3.05) is 23.0 Å². The summed E-state index contributed by atoms with van der Waals surface area (Å²) in [5.41, 5.74) is 7.32. The number of aryl methyl sites for hydroxylation is 2. The van der Waals surface area contributed by atoms with Gasteiger partial charge in [0.2, 0.25) is 0 Å². The number of nitrogens with one attached hydrogen (secondary N) is 2. The molecule has 1 aliphatic rings. The Morgan fingerprint density at radius 3 is 2.71 bits per heavy atom. The summed E-state index contributed by atoms with van der Waals surface area (Å²) in [6, 6.07) is 8.24. The third-order valence-corrected chi connectivity index (χ3v) is 6.76. The molecule has 2 aromatic heterocycles. The van der Waals surface area contributed by atoms with E-state index >= 15 is 0 Å². The second-order valence-corrected chi connectivity index (χ2v) is 8.87. The van der Waals surface area contributed by atoms with Crippen LogP contribution in [0.5, 0.6) is 0 Å². The summed E-state index contributed by atoms with van der Waals surface area (Å²) < 4.78 is 0. The van der Waals surface area contributed by atoms with E-state index < -0.39 is 0 Å². The van der Waals surface area contributed by atoms with Crippen LogP contribution in [-0.2, 0) is 0 Å². The van der Waals surface area contributed by atoms with Gasteiger partial charge < -0.3 is 5.32 Å². The van der Waals surface area contributed by atoms with Gasteiger partial charge in [0.1, 0.15) is 11.2 Å². The Hall–Kier alpha value is -2.45. The maximum atomic E-state index is 4.54. The molecule has 0 atom stereocenters. The van der Waals surface area contributed by atoms with Gasteiger partial charge in [0.05, 0.1) is 11.1 Å². The van der Waals surface area contributed by atoms with Crippen LogP contribution in [0.15, 0.2) is 40.7 Å². The van der Waals surface area contributed by atoms with Crippen LogP contribution in [0.25, 0.3) is 10.2 Å². The van der Waals surface area contributed by atoms with Crippen LogP contribution in [0.1, 0.15) is 29.3 Å². The molecule has 0 radical (unpaired) electrons. The Balaban J connectivity index is 1.49. The largest absolute Gasteiger partial charge is 0.335 e. The molecule has 1 aliphatic heterocycles. The lowest BCUT2D eigenvalue weighted by Crippen LogP contribution is -2.13. The minimum absolute atomic E-state index is 0.747. The number of fused-ring (bicyclic) bond motifs is 1. The average Bonchev–Trinajstić information content (AvgIpc) is 3.02. The number of aliphatic imine (C=N–C) groups is 1. The molecular weight excluding hydrogens is 388 g/mol. The van der Waals surface area contributed by atoms with E-state index in [4.69, 9.17) is 0 Å². The first-order valence-corrected chi connectivity index (χ1v) is 11.0. The zero-order valence-corrected chi connectivity index (χ0v) is 17.7. The van der Waals surface area contributed by atoms with Crippen LogP contribution in [0.3, 0.4) is 0 Å². The van der Waals surface area contributed by atoms with Crippen molar-refractivity contribution in [1.29, 1.82) is 0 Å².